The van der Waals surface area contributed by atoms with E-state index in [2.05, 4.69) is 6.07 Å². The zero-order valence-corrected chi connectivity index (χ0v) is 14.1. The zero-order chi connectivity index (χ0) is 16.4. The number of hydrogen-bond acceptors (Lipinski definition) is 3. The second-order valence-corrected chi connectivity index (χ2v) is 6.94. The fourth-order valence-corrected chi connectivity index (χ4v) is 4.14. The van der Waals surface area contributed by atoms with Gasteiger partial charge in [-0.05, 0) is 42.7 Å². The third-order valence-electron chi connectivity index (χ3n) is 5.34. The first-order chi connectivity index (χ1) is 11.1. The van der Waals surface area contributed by atoms with Gasteiger partial charge in [0.15, 0.2) is 0 Å². The summed E-state index contributed by atoms with van der Waals surface area (Å²) < 4.78 is 5.39. The summed E-state index contributed by atoms with van der Waals surface area (Å²) in [4.78, 5) is 14.2. The number of hydrogen-bond donors (Lipinski definition) is 0. The summed E-state index contributed by atoms with van der Waals surface area (Å²) in [6.45, 7) is 1.27. The van der Waals surface area contributed by atoms with Gasteiger partial charge in [0.1, 0.15) is 11.6 Å². The van der Waals surface area contributed by atoms with Crippen molar-refractivity contribution in [2.75, 3.05) is 19.5 Å². The summed E-state index contributed by atoms with van der Waals surface area (Å²) in [5.74, 6) is 1.40. The first kappa shape index (κ1) is 16.1. The Balaban J connectivity index is 1.79. The molecule has 0 heterocycles. The number of rotatable bonds is 6. The van der Waals surface area contributed by atoms with Crippen LogP contribution in [0.1, 0.15) is 36.8 Å². The second kappa shape index (κ2) is 6.41. The third-order valence-corrected chi connectivity index (χ3v) is 5.56. The predicted molar refractivity (Wildman–Crippen MR) is 88.2 cm³/mol. The lowest BCUT2D eigenvalue weighted by Crippen LogP contribution is -2.36. The molecule has 1 aromatic rings. The highest BCUT2D eigenvalue weighted by molar-refractivity contribution is 6.27. The van der Waals surface area contributed by atoms with Gasteiger partial charge in [-0.1, -0.05) is 12.5 Å². The standard InChI is InChI=1S/C18H21ClN2O2/c1-23-16-7-13(10-20)4-5-14(16)11-21(17(22)9-19)12-18-6-2-3-15(18)8-18/h4-5,7,15H,2-3,6,8-9,11-12H2,1H3/t15-,18+/m1/s1. The van der Waals surface area contributed by atoms with E-state index >= 15 is 0 Å². The minimum absolute atomic E-state index is 0.000654. The van der Waals surface area contributed by atoms with Gasteiger partial charge in [0, 0.05) is 18.7 Å². The van der Waals surface area contributed by atoms with Crippen LogP contribution < -0.4 is 4.74 Å². The van der Waals surface area contributed by atoms with Crippen molar-refractivity contribution in [3.05, 3.63) is 29.3 Å². The summed E-state index contributed by atoms with van der Waals surface area (Å²) in [7, 11) is 1.58. The van der Waals surface area contributed by atoms with Crippen LogP contribution in [0.2, 0.25) is 0 Å². The highest BCUT2D eigenvalue weighted by Gasteiger charge is 2.57. The van der Waals surface area contributed by atoms with Crippen LogP contribution in [-0.4, -0.2) is 30.3 Å². The van der Waals surface area contributed by atoms with Crippen molar-refractivity contribution in [1.29, 1.82) is 5.26 Å². The zero-order valence-electron chi connectivity index (χ0n) is 13.3. The maximum absolute atomic E-state index is 12.3. The Labute approximate surface area is 142 Å². The van der Waals surface area contributed by atoms with Crippen LogP contribution in [0.5, 0.6) is 5.75 Å². The molecule has 0 aliphatic heterocycles. The normalized spacial score (nSPS) is 24.7. The number of fused-ring (bicyclic) bond motifs is 1. The van der Waals surface area contributed by atoms with Crippen molar-refractivity contribution in [1.82, 2.24) is 4.90 Å². The van der Waals surface area contributed by atoms with Gasteiger partial charge in [0.25, 0.3) is 0 Å². The molecule has 2 aliphatic rings. The van der Waals surface area contributed by atoms with Crippen LogP contribution in [0.3, 0.4) is 0 Å². The van der Waals surface area contributed by atoms with Crippen molar-refractivity contribution in [3.63, 3.8) is 0 Å². The molecule has 122 valence electrons. The summed E-state index contributed by atoms with van der Waals surface area (Å²) >= 11 is 5.81. The summed E-state index contributed by atoms with van der Waals surface area (Å²) in [6.07, 6.45) is 5.02. The van der Waals surface area contributed by atoms with Crippen LogP contribution in [0.25, 0.3) is 0 Å². The second-order valence-electron chi connectivity index (χ2n) is 6.68. The molecule has 4 nitrogen and oxygen atoms in total. The Morgan fingerprint density at radius 1 is 1.57 bits per heavy atom. The summed E-state index contributed by atoms with van der Waals surface area (Å²) in [6, 6.07) is 7.44. The quantitative estimate of drug-likeness (QED) is 0.751. The lowest BCUT2D eigenvalue weighted by atomic mass is 10.0. The summed E-state index contributed by atoms with van der Waals surface area (Å²) in [5, 5.41) is 9.00. The van der Waals surface area contributed by atoms with Gasteiger partial charge in [-0.3, -0.25) is 4.79 Å². The Morgan fingerprint density at radius 3 is 2.96 bits per heavy atom. The molecule has 0 aromatic heterocycles. The molecule has 5 heteroatoms. The molecule has 23 heavy (non-hydrogen) atoms. The van der Waals surface area contributed by atoms with Gasteiger partial charge in [-0.2, -0.15) is 5.26 Å². The van der Waals surface area contributed by atoms with Crippen molar-refractivity contribution in [2.45, 2.75) is 32.2 Å². The molecule has 0 N–H and O–H groups in total. The van der Waals surface area contributed by atoms with Crippen LogP contribution in [-0.2, 0) is 11.3 Å². The van der Waals surface area contributed by atoms with Gasteiger partial charge in [0.2, 0.25) is 5.91 Å². The molecule has 2 fully saturated rings. The Hall–Kier alpha value is -1.73. The van der Waals surface area contributed by atoms with E-state index in [1.807, 2.05) is 11.0 Å². The van der Waals surface area contributed by atoms with E-state index in [1.54, 1.807) is 19.2 Å². The third kappa shape index (κ3) is 3.16. The fourth-order valence-electron chi connectivity index (χ4n) is 3.97. The number of benzene rings is 1. The van der Waals surface area contributed by atoms with E-state index < -0.39 is 0 Å². The number of ether oxygens (including phenoxy) is 1. The number of nitriles is 1. The van der Waals surface area contributed by atoms with E-state index in [1.165, 1.54) is 25.7 Å². The lowest BCUT2D eigenvalue weighted by molar-refractivity contribution is -0.130. The molecular formula is C18H21ClN2O2. The highest BCUT2D eigenvalue weighted by Crippen LogP contribution is 2.63. The minimum Gasteiger partial charge on any atom is -0.496 e. The largest absolute Gasteiger partial charge is 0.496 e. The van der Waals surface area contributed by atoms with Gasteiger partial charge in [-0.15, -0.1) is 11.6 Å². The van der Waals surface area contributed by atoms with Crippen LogP contribution in [0.4, 0.5) is 0 Å². The molecule has 0 saturated heterocycles. The number of nitrogens with zero attached hydrogens (tertiary/aromatic N) is 2. The lowest BCUT2D eigenvalue weighted by Gasteiger charge is -2.27. The number of carbonyl (C=O) groups is 1. The fraction of sp³-hybridized carbons (Fsp3) is 0.556. The molecular weight excluding hydrogens is 312 g/mol. The molecule has 2 atom stereocenters. The molecule has 0 bridgehead atoms. The number of amides is 1. The van der Waals surface area contributed by atoms with E-state index in [9.17, 15) is 4.79 Å². The van der Waals surface area contributed by atoms with Gasteiger partial charge in [0.05, 0.1) is 18.7 Å². The average Bonchev–Trinajstić information content (AvgIpc) is 3.12. The molecule has 0 spiro atoms. The van der Waals surface area contributed by atoms with Crippen molar-refractivity contribution in [3.8, 4) is 11.8 Å². The maximum atomic E-state index is 12.3. The smallest absolute Gasteiger partial charge is 0.237 e. The molecule has 0 unspecified atom stereocenters. The topological polar surface area (TPSA) is 53.3 Å². The van der Waals surface area contributed by atoms with E-state index in [0.29, 0.717) is 23.3 Å². The Kier molecular flexibility index (Phi) is 4.50. The molecule has 0 radical (unpaired) electrons. The molecule has 1 amide bonds. The number of halogens is 1. The first-order valence-corrected chi connectivity index (χ1v) is 8.56. The Morgan fingerprint density at radius 2 is 2.39 bits per heavy atom. The van der Waals surface area contributed by atoms with Crippen molar-refractivity contribution in [2.24, 2.45) is 11.3 Å². The van der Waals surface area contributed by atoms with Crippen molar-refractivity contribution < 1.29 is 9.53 Å². The highest BCUT2D eigenvalue weighted by atomic mass is 35.5. The van der Waals surface area contributed by atoms with Gasteiger partial charge in [-0.25, -0.2) is 0 Å². The van der Waals surface area contributed by atoms with E-state index in [-0.39, 0.29) is 11.8 Å². The molecule has 2 saturated carbocycles. The summed E-state index contributed by atoms with van der Waals surface area (Å²) in [5.41, 5.74) is 1.80. The first-order valence-electron chi connectivity index (χ1n) is 8.02. The maximum Gasteiger partial charge on any atom is 0.237 e. The molecule has 2 aliphatic carbocycles. The Bertz CT molecular complexity index is 655. The monoisotopic (exact) mass is 332 g/mol. The van der Waals surface area contributed by atoms with Gasteiger partial charge < -0.3 is 9.64 Å². The van der Waals surface area contributed by atoms with E-state index in [4.69, 9.17) is 21.6 Å². The minimum atomic E-state index is -0.0370. The van der Waals surface area contributed by atoms with Crippen molar-refractivity contribution >= 4 is 17.5 Å². The van der Waals surface area contributed by atoms with Gasteiger partial charge >= 0.3 is 0 Å². The predicted octanol–water partition coefficient (Wildman–Crippen LogP) is 3.32. The van der Waals surface area contributed by atoms with E-state index in [0.717, 1.165) is 18.0 Å². The van der Waals surface area contributed by atoms with Crippen LogP contribution in [0, 0.1) is 22.7 Å². The van der Waals surface area contributed by atoms with Crippen LogP contribution in [0.15, 0.2) is 18.2 Å². The number of methoxy groups -OCH3 is 1. The number of alkyl halides is 1. The SMILES string of the molecule is COc1cc(C#N)ccc1CN(C[C@@]12CCC[C@@H]1C2)C(=O)CCl. The number of carbonyl (C=O) groups excluding carboxylic acids is 1. The van der Waals surface area contributed by atoms with Crippen LogP contribution >= 0.6 is 11.6 Å². The molecule has 3 rings (SSSR count). The molecule has 1 aromatic carbocycles. The average molecular weight is 333 g/mol.